The summed E-state index contributed by atoms with van der Waals surface area (Å²) < 4.78 is 3.04. The van der Waals surface area contributed by atoms with Crippen LogP contribution in [0.25, 0.3) is 0 Å². The molecule has 0 aliphatic carbocycles. The summed E-state index contributed by atoms with van der Waals surface area (Å²) in [6.07, 6.45) is 4.93. The van der Waals surface area contributed by atoms with Crippen molar-refractivity contribution >= 4 is 28.8 Å². The van der Waals surface area contributed by atoms with Gasteiger partial charge in [-0.15, -0.1) is 11.3 Å². The fourth-order valence-electron chi connectivity index (χ4n) is 4.81. The lowest BCUT2D eigenvalue weighted by Gasteiger charge is -2.35. The molecule has 4 heterocycles. The van der Waals surface area contributed by atoms with Gasteiger partial charge in [-0.1, -0.05) is 30.2 Å². The average Bonchev–Trinajstić information content (AvgIpc) is 3.31. The van der Waals surface area contributed by atoms with Crippen molar-refractivity contribution in [2.45, 2.75) is 57.8 Å². The van der Waals surface area contributed by atoms with Gasteiger partial charge in [-0.3, -0.25) is 14.3 Å². The molecule has 1 amide bonds. The van der Waals surface area contributed by atoms with Gasteiger partial charge in [0.2, 0.25) is 5.91 Å². The van der Waals surface area contributed by atoms with Gasteiger partial charge in [0, 0.05) is 42.5 Å². The van der Waals surface area contributed by atoms with Crippen LogP contribution in [0.1, 0.15) is 47.1 Å². The van der Waals surface area contributed by atoms with Crippen LogP contribution in [0, 0.1) is 0 Å². The molecule has 0 radical (unpaired) electrons. The number of benzene rings is 1. The quantitative estimate of drug-likeness (QED) is 0.580. The summed E-state index contributed by atoms with van der Waals surface area (Å²) in [5, 5.41) is 10.3. The lowest BCUT2D eigenvalue weighted by atomic mass is 10.0. The highest BCUT2D eigenvalue weighted by Crippen LogP contribution is 2.30. The Labute approximate surface area is 202 Å². The first-order valence-electron chi connectivity index (χ1n) is 11.6. The van der Waals surface area contributed by atoms with E-state index in [0.717, 1.165) is 56.6 Å². The molecule has 174 valence electrons. The fourth-order valence-corrected chi connectivity index (χ4v) is 5.83. The molecule has 0 bridgehead atoms. The Bertz CT molecular complexity index is 1180. The van der Waals surface area contributed by atoms with Gasteiger partial charge >= 0.3 is 5.69 Å². The molecule has 0 saturated heterocycles. The standard InChI is InChI=1S/C24H28ClN5O2S/c25-19-7-5-17(6-8-19)20(28-12-9-21-18(15-28)10-13-33-21)14-26-23(31)16-30-24(32)29-11-3-1-2-4-22(29)27-30/h5-8,10,13,20H,1-4,9,11-12,14-16H2,(H,26,31). The zero-order valence-corrected chi connectivity index (χ0v) is 20.1. The number of rotatable bonds is 6. The van der Waals surface area contributed by atoms with E-state index < -0.39 is 0 Å². The number of aromatic nitrogens is 3. The summed E-state index contributed by atoms with van der Waals surface area (Å²) >= 11 is 7.93. The van der Waals surface area contributed by atoms with E-state index in [0.29, 0.717) is 18.1 Å². The molecular formula is C24H28ClN5O2S. The highest BCUT2D eigenvalue weighted by atomic mass is 35.5. The molecule has 1 N–H and O–H groups in total. The summed E-state index contributed by atoms with van der Waals surface area (Å²) in [5.74, 6) is 0.599. The van der Waals surface area contributed by atoms with Crippen molar-refractivity contribution in [1.29, 1.82) is 0 Å². The molecule has 2 aromatic heterocycles. The molecule has 1 aromatic carbocycles. The van der Waals surface area contributed by atoms with Crippen LogP contribution >= 0.6 is 22.9 Å². The SMILES string of the molecule is O=C(Cn1nc2n(c1=O)CCCCC2)NCC(c1ccc(Cl)cc1)N1CCc2sccc2C1. The molecule has 2 aliphatic heterocycles. The van der Waals surface area contributed by atoms with Crippen molar-refractivity contribution in [3.05, 3.63) is 73.0 Å². The molecule has 9 heteroatoms. The minimum atomic E-state index is -0.197. The minimum absolute atomic E-state index is 0.0229. The second kappa shape index (κ2) is 9.83. The molecule has 0 fully saturated rings. The third-order valence-electron chi connectivity index (χ3n) is 6.60. The van der Waals surface area contributed by atoms with Crippen molar-refractivity contribution < 1.29 is 4.79 Å². The lowest BCUT2D eigenvalue weighted by Crippen LogP contribution is -2.42. The monoisotopic (exact) mass is 485 g/mol. The van der Waals surface area contributed by atoms with Crippen molar-refractivity contribution in [2.24, 2.45) is 0 Å². The van der Waals surface area contributed by atoms with E-state index >= 15 is 0 Å². The summed E-state index contributed by atoms with van der Waals surface area (Å²) in [7, 11) is 0. The third kappa shape index (κ3) is 4.93. The molecule has 33 heavy (non-hydrogen) atoms. The maximum absolute atomic E-state index is 12.8. The number of halogens is 1. The van der Waals surface area contributed by atoms with E-state index in [1.807, 2.05) is 35.6 Å². The van der Waals surface area contributed by atoms with Crippen molar-refractivity contribution in [2.75, 3.05) is 13.1 Å². The van der Waals surface area contributed by atoms with E-state index in [1.54, 1.807) is 4.57 Å². The molecule has 1 unspecified atom stereocenters. The average molecular weight is 486 g/mol. The number of hydrogen-bond donors (Lipinski definition) is 1. The third-order valence-corrected chi connectivity index (χ3v) is 7.88. The first-order chi connectivity index (χ1) is 16.1. The van der Waals surface area contributed by atoms with E-state index in [1.165, 1.54) is 15.1 Å². The minimum Gasteiger partial charge on any atom is -0.353 e. The highest BCUT2D eigenvalue weighted by molar-refractivity contribution is 7.10. The molecule has 2 aliphatic rings. The summed E-state index contributed by atoms with van der Waals surface area (Å²) in [6.45, 7) is 2.89. The highest BCUT2D eigenvalue weighted by Gasteiger charge is 2.26. The van der Waals surface area contributed by atoms with Crippen LogP contribution in [0.3, 0.4) is 0 Å². The van der Waals surface area contributed by atoms with Gasteiger partial charge in [-0.05, 0) is 54.0 Å². The molecule has 7 nitrogen and oxygen atoms in total. The number of aryl methyl sites for hydroxylation is 1. The number of nitrogens with one attached hydrogen (secondary N) is 1. The van der Waals surface area contributed by atoms with Crippen molar-refractivity contribution in [3.8, 4) is 0 Å². The predicted molar refractivity (Wildman–Crippen MR) is 130 cm³/mol. The van der Waals surface area contributed by atoms with Crippen molar-refractivity contribution in [3.63, 3.8) is 0 Å². The largest absolute Gasteiger partial charge is 0.353 e. The van der Waals surface area contributed by atoms with E-state index in [2.05, 4.69) is 26.8 Å². The van der Waals surface area contributed by atoms with E-state index in [-0.39, 0.29) is 24.2 Å². The molecular weight excluding hydrogens is 458 g/mol. The zero-order chi connectivity index (χ0) is 22.8. The van der Waals surface area contributed by atoms with Gasteiger partial charge in [0.1, 0.15) is 12.4 Å². The van der Waals surface area contributed by atoms with Gasteiger partial charge in [0.05, 0.1) is 6.04 Å². The molecule has 0 spiro atoms. The van der Waals surface area contributed by atoms with Gasteiger partial charge in [-0.2, -0.15) is 5.10 Å². The van der Waals surface area contributed by atoms with Gasteiger partial charge < -0.3 is 5.32 Å². The van der Waals surface area contributed by atoms with Crippen LogP contribution in [-0.4, -0.2) is 38.2 Å². The first-order valence-corrected chi connectivity index (χ1v) is 12.8. The summed E-state index contributed by atoms with van der Waals surface area (Å²) in [5.41, 5.74) is 2.30. The van der Waals surface area contributed by atoms with Crippen LogP contribution in [0.4, 0.5) is 0 Å². The maximum atomic E-state index is 12.8. The lowest BCUT2D eigenvalue weighted by molar-refractivity contribution is -0.122. The van der Waals surface area contributed by atoms with Crippen molar-refractivity contribution in [1.82, 2.24) is 24.6 Å². The Morgan fingerprint density at radius 3 is 2.82 bits per heavy atom. The zero-order valence-electron chi connectivity index (χ0n) is 18.5. The van der Waals surface area contributed by atoms with Crippen LogP contribution in [0.2, 0.25) is 5.02 Å². The topological polar surface area (TPSA) is 72.2 Å². The van der Waals surface area contributed by atoms with Crippen LogP contribution in [0.5, 0.6) is 0 Å². The Morgan fingerprint density at radius 2 is 1.97 bits per heavy atom. The Hall–Kier alpha value is -2.42. The Kier molecular flexibility index (Phi) is 6.66. The number of carbonyl (C=O) groups is 1. The molecule has 1 atom stereocenters. The number of thiophene rings is 1. The normalized spacial score (nSPS) is 17.1. The number of nitrogens with zero attached hydrogens (tertiary/aromatic N) is 4. The second-order valence-electron chi connectivity index (χ2n) is 8.78. The Balaban J connectivity index is 1.29. The number of amides is 1. The molecule has 0 saturated carbocycles. The predicted octanol–water partition coefficient (Wildman–Crippen LogP) is 3.40. The number of carbonyl (C=O) groups excluding carboxylic acids is 1. The molecule has 5 rings (SSSR count). The van der Waals surface area contributed by atoms with E-state index in [9.17, 15) is 9.59 Å². The van der Waals surface area contributed by atoms with Crippen LogP contribution < -0.4 is 11.0 Å². The van der Waals surface area contributed by atoms with E-state index in [4.69, 9.17) is 11.6 Å². The fraction of sp³-hybridized carbons (Fsp3) is 0.458. The van der Waals surface area contributed by atoms with Gasteiger partial charge in [-0.25, -0.2) is 9.48 Å². The van der Waals surface area contributed by atoms with Crippen LogP contribution in [0.15, 0.2) is 40.5 Å². The first kappa shape index (κ1) is 22.4. The van der Waals surface area contributed by atoms with Crippen LogP contribution in [-0.2, 0) is 37.3 Å². The summed E-state index contributed by atoms with van der Waals surface area (Å²) in [6, 6.07) is 10.1. The molecule has 3 aromatic rings. The second-order valence-corrected chi connectivity index (χ2v) is 10.2. The van der Waals surface area contributed by atoms with Gasteiger partial charge in [0.15, 0.2) is 0 Å². The Morgan fingerprint density at radius 1 is 1.12 bits per heavy atom. The summed E-state index contributed by atoms with van der Waals surface area (Å²) in [4.78, 5) is 29.4. The number of fused-ring (bicyclic) bond motifs is 2. The maximum Gasteiger partial charge on any atom is 0.346 e. The number of hydrogen-bond acceptors (Lipinski definition) is 5. The van der Waals surface area contributed by atoms with Gasteiger partial charge in [0.25, 0.3) is 0 Å². The smallest absolute Gasteiger partial charge is 0.346 e.